The number of hydrogen-bond acceptors (Lipinski definition) is 3. The molecule has 1 aromatic carbocycles. The van der Waals surface area contributed by atoms with Gasteiger partial charge in [0, 0.05) is 22.5 Å². The molecule has 84 valence electrons. The van der Waals surface area contributed by atoms with Crippen molar-refractivity contribution in [1.29, 1.82) is 0 Å². The van der Waals surface area contributed by atoms with Crippen LogP contribution in [0.3, 0.4) is 0 Å². The molecule has 0 spiro atoms. The normalized spacial score (nSPS) is 14.0. The molecule has 0 radical (unpaired) electrons. The third kappa shape index (κ3) is 1.82. The highest BCUT2D eigenvalue weighted by Gasteiger charge is 2.22. The zero-order valence-electron chi connectivity index (χ0n) is 8.70. The molecule has 2 rings (SSSR count). The van der Waals surface area contributed by atoms with Gasteiger partial charge in [0.2, 0.25) is 5.70 Å². The predicted molar refractivity (Wildman–Crippen MR) is 64.0 cm³/mol. The van der Waals surface area contributed by atoms with E-state index in [1.165, 1.54) is 0 Å². The summed E-state index contributed by atoms with van der Waals surface area (Å²) in [5.41, 5.74) is 2.13. The summed E-state index contributed by atoms with van der Waals surface area (Å²) >= 11 is 3.45. The van der Waals surface area contributed by atoms with Crippen LogP contribution >= 0.6 is 15.9 Å². The summed E-state index contributed by atoms with van der Waals surface area (Å²) in [4.78, 5) is 10.4. The van der Waals surface area contributed by atoms with Crippen LogP contribution in [0.25, 0.3) is 6.08 Å². The van der Waals surface area contributed by atoms with E-state index < -0.39 is 0 Å². The standard InChI is InChI=1S/C11H10BrNO3/c1-16-11-5-4-10(12)8-3-2-7(13(14)15)6-9(8)11/h4-6H,2-3H2,1H3. The van der Waals surface area contributed by atoms with Gasteiger partial charge in [-0.25, -0.2) is 0 Å². The number of fused-ring (bicyclic) bond motifs is 1. The van der Waals surface area contributed by atoms with Gasteiger partial charge in [0.15, 0.2) is 0 Å². The molecule has 4 nitrogen and oxygen atoms in total. The minimum Gasteiger partial charge on any atom is -0.496 e. The summed E-state index contributed by atoms with van der Waals surface area (Å²) in [5.74, 6) is 0.678. The number of rotatable bonds is 2. The van der Waals surface area contributed by atoms with Crippen LogP contribution in [0, 0.1) is 10.1 Å². The minimum atomic E-state index is -0.330. The number of nitro groups is 1. The first-order valence-corrected chi connectivity index (χ1v) is 5.63. The number of halogens is 1. The molecule has 5 heteroatoms. The van der Waals surface area contributed by atoms with Gasteiger partial charge in [-0.15, -0.1) is 0 Å². The Morgan fingerprint density at radius 2 is 2.19 bits per heavy atom. The van der Waals surface area contributed by atoms with Crippen molar-refractivity contribution < 1.29 is 9.66 Å². The van der Waals surface area contributed by atoms with E-state index in [1.807, 2.05) is 12.1 Å². The fraction of sp³-hybridized carbons (Fsp3) is 0.273. The second-order valence-electron chi connectivity index (χ2n) is 3.53. The summed E-state index contributed by atoms with van der Waals surface area (Å²) in [5, 5.41) is 10.7. The van der Waals surface area contributed by atoms with E-state index in [9.17, 15) is 10.1 Å². The molecule has 0 fully saturated rings. The van der Waals surface area contributed by atoms with Crippen LogP contribution in [0.4, 0.5) is 0 Å². The van der Waals surface area contributed by atoms with Crippen molar-refractivity contribution >= 4 is 22.0 Å². The molecule has 0 saturated heterocycles. The molecule has 0 atom stereocenters. The van der Waals surface area contributed by atoms with Crippen LogP contribution in [0.2, 0.25) is 0 Å². The quantitative estimate of drug-likeness (QED) is 0.619. The molecule has 0 aromatic heterocycles. The second-order valence-corrected chi connectivity index (χ2v) is 4.39. The van der Waals surface area contributed by atoms with E-state index in [0.29, 0.717) is 18.6 Å². The Morgan fingerprint density at radius 1 is 1.44 bits per heavy atom. The van der Waals surface area contributed by atoms with Gasteiger partial charge in [0.05, 0.1) is 12.0 Å². The highest BCUT2D eigenvalue weighted by atomic mass is 79.9. The van der Waals surface area contributed by atoms with Crippen LogP contribution in [0.15, 0.2) is 22.3 Å². The fourth-order valence-corrected chi connectivity index (χ4v) is 2.39. The summed E-state index contributed by atoms with van der Waals surface area (Å²) in [7, 11) is 1.57. The average Bonchev–Trinajstić information content (AvgIpc) is 2.29. The number of nitrogens with zero attached hydrogens (tertiary/aromatic N) is 1. The highest BCUT2D eigenvalue weighted by Crippen LogP contribution is 2.35. The molecule has 1 aromatic rings. The first kappa shape index (κ1) is 11.1. The molecule has 0 saturated carbocycles. The van der Waals surface area contributed by atoms with Crippen molar-refractivity contribution in [2.45, 2.75) is 12.8 Å². The summed E-state index contributed by atoms with van der Waals surface area (Å²) in [6.45, 7) is 0. The maximum atomic E-state index is 10.7. The van der Waals surface area contributed by atoms with Gasteiger partial charge in [-0.3, -0.25) is 10.1 Å². The first-order valence-electron chi connectivity index (χ1n) is 4.84. The number of methoxy groups -OCH3 is 1. The molecule has 0 heterocycles. The van der Waals surface area contributed by atoms with Crippen LogP contribution in [0.1, 0.15) is 17.5 Å². The molecular formula is C11H10BrNO3. The molecule has 1 aliphatic rings. The fourth-order valence-electron chi connectivity index (χ4n) is 1.84. The third-order valence-electron chi connectivity index (χ3n) is 2.66. The van der Waals surface area contributed by atoms with Crippen LogP contribution in [-0.4, -0.2) is 12.0 Å². The lowest BCUT2D eigenvalue weighted by Gasteiger charge is -2.16. The molecular weight excluding hydrogens is 274 g/mol. The lowest BCUT2D eigenvalue weighted by Crippen LogP contribution is -2.08. The van der Waals surface area contributed by atoms with E-state index in [4.69, 9.17) is 4.74 Å². The van der Waals surface area contributed by atoms with Crippen molar-refractivity contribution in [1.82, 2.24) is 0 Å². The summed E-state index contributed by atoms with van der Waals surface area (Å²) in [6, 6.07) is 3.71. The van der Waals surface area contributed by atoms with Crippen molar-refractivity contribution in [2.24, 2.45) is 0 Å². The zero-order chi connectivity index (χ0) is 11.7. The number of hydrogen-bond donors (Lipinski definition) is 0. The average molecular weight is 284 g/mol. The number of benzene rings is 1. The third-order valence-corrected chi connectivity index (χ3v) is 3.40. The first-order chi connectivity index (χ1) is 7.63. The van der Waals surface area contributed by atoms with Gasteiger partial charge in [0.1, 0.15) is 5.75 Å². The van der Waals surface area contributed by atoms with Crippen LogP contribution in [-0.2, 0) is 6.42 Å². The molecule has 0 bridgehead atoms. The van der Waals surface area contributed by atoms with Gasteiger partial charge >= 0.3 is 0 Å². The molecule has 0 unspecified atom stereocenters. The van der Waals surface area contributed by atoms with E-state index >= 15 is 0 Å². The van der Waals surface area contributed by atoms with E-state index in [1.54, 1.807) is 13.2 Å². The smallest absolute Gasteiger partial charge is 0.247 e. The van der Waals surface area contributed by atoms with E-state index in [0.717, 1.165) is 15.6 Å². The molecule has 0 amide bonds. The van der Waals surface area contributed by atoms with Gasteiger partial charge in [-0.1, -0.05) is 15.9 Å². The van der Waals surface area contributed by atoms with Crippen molar-refractivity contribution in [3.05, 3.63) is 43.5 Å². The topological polar surface area (TPSA) is 52.4 Å². The monoisotopic (exact) mass is 283 g/mol. The zero-order valence-corrected chi connectivity index (χ0v) is 10.3. The Balaban J connectivity index is 2.59. The molecule has 16 heavy (non-hydrogen) atoms. The molecule has 0 aliphatic heterocycles. The van der Waals surface area contributed by atoms with Gasteiger partial charge in [-0.05, 0) is 24.1 Å². The van der Waals surface area contributed by atoms with E-state index in [-0.39, 0.29) is 10.6 Å². The molecule has 1 aliphatic carbocycles. The second kappa shape index (κ2) is 4.25. The highest BCUT2D eigenvalue weighted by molar-refractivity contribution is 9.10. The van der Waals surface area contributed by atoms with Crippen molar-refractivity contribution in [3.8, 4) is 5.75 Å². The Labute approximate surface area is 101 Å². The molecule has 0 N–H and O–H groups in total. The Kier molecular flexibility index (Phi) is 2.96. The predicted octanol–water partition coefficient (Wildman–Crippen LogP) is 3.02. The summed E-state index contributed by atoms with van der Waals surface area (Å²) in [6.07, 6.45) is 2.73. The Morgan fingerprint density at radius 3 is 2.81 bits per heavy atom. The van der Waals surface area contributed by atoms with Gasteiger partial charge in [-0.2, -0.15) is 0 Å². The van der Waals surface area contributed by atoms with E-state index in [2.05, 4.69) is 15.9 Å². The number of ether oxygens (including phenoxy) is 1. The van der Waals surface area contributed by atoms with Gasteiger partial charge in [0.25, 0.3) is 0 Å². The Hall–Kier alpha value is -1.36. The largest absolute Gasteiger partial charge is 0.496 e. The van der Waals surface area contributed by atoms with Crippen molar-refractivity contribution in [3.63, 3.8) is 0 Å². The van der Waals surface area contributed by atoms with Gasteiger partial charge < -0.3 is 4.74 Å². The lowest BCUT2D eigenvalue weighted by atomic mass is 9.95. The number of allylic oxidation sites excluding steroid dienone is 1. The maximum Gasteiger partial charge on any atom is 0.247 e. The Bertz CT molecular complexity index is 482. The maximum absolute atomic E-state index is 10.7. The summed E-state index contributed by atoms with van der Waals surface area (Å²) < 4.78 is 6.18. The van der Waals surface area contributed by atoms with Crippen LogP contribution < -0.4 is 4.74 Å². The van der Waals surface area contributed by atoms with Crippen LogP contribution in [0.5, 0.6) is 5.75 Å². The minimum absolute atomic E-state index is 0.240. The SMILES string of the molecule is COc1ccc(Br)c2c1C=C([N+](=O)[O-])CC2. The van der Waals surface area contributed by atoms with Crippen molar-refractivity contribution in [2.75, 3.05) is 7.11 Å². The lowest BCUT2D eigenvalue weighted by molar-refractivity contribution is -0.426.